The molecule has 3 aliphatic heterocycles. The van der Waals surface area contributed by atoms with E-state index in [1.807, 2.05) is 0 Å². The van der Waals surface area contributed by atoms with E-state index in [2.05, 4.69) is 140 Å². The molecule has 1 fully saturated rings. The maximum absolute atomic E-state index is 5.12. The molecule has 7 heterocycles. The van der Waals surface area contributed by atoms with E-state index < -0.39 is 0 Å². The number of benzene rings is 4. The molecule has 0 amide bonds. The predicted molar refractivity (Wildman–Crippen MR) is 232 cm³/mol. The number of fused-ring (bicyclic) bond motifs is 10. The number of pyridine rings is 2. The van der Waals surface area contributed by atoms with Crippen LogP contribution >= 0.6 is 0 Å². The number of para-hydroxylation sites is 4. The van der Waals surface area contributed by atoms with E-state index in [9.17, 15) is 0 Å². The lowest BCUT2D eigenvalue weighted by Gasteiger charge is -2.27. The molecule has 280 valence electrons. The second kappa shape index (κ2) is 14.5. The molecule has 8 heteroatoms. The lowest BCUT2D eigenvalue weighted by atomic mass is 10.1. The van der Waals surface area contributed by atoms with E-state index in [1.165, 1.54) is 107 Å². The highest BCUT2D eigenvalue weighted by Crippen LogP contribution is 2.42. The number of hydrogen-bond acceptors (Lipinski definition) is 6. The van der Waals surface area contributed by atoms with Crippen LogP contribution < -0.4 is 9.80 Å². The second-order valence-corrected chi connectivity index (χ2v) is 16.1. The summed E-state index contributed by atoms with van der Waals surface area (Å²) in [5, 5.41) is 5.13. The van der Waals surface area contributed by atoms with Gasteiger partial charge in [0.1, 0.15) is 0 Å². The van der Waals surface area contributed by atoms with E-state index in [1.54, 1.807) is 0 Å². The van der Waals surface area contributed by atoms with Crippen LogP contribution in [0.25, 0.3) is 65.7 Å². The average Bonchev–Trinajstić information content (AvgIpc) is 3.84. The van der Waals surface area contributed by atoms with Gasteiger partial charge in [0, 0.05) is 67.4 Å². The molecule has 1 saturated heterocycles. The van der Waals surface area contributed by atoms with E-state index in [0.29, 0.717) is 0 Å². The van der Waals surface area contributed by atoms with Crippen LogP contribution in [0.1, 0.15) is 32.1 Å². The summed E-state index contributed by atoms with van der Waals surface area (Å²) in [6.07, 6.45) is 6.23. The lowest BCUT2D eigenvalue weighted by Crippen LogP contribution is -2.34. The Labute approximate surface area is 323 Å². The monoisotopic (exact) mass is 728 g/mol. The van der Waals surface area contributed by atoms with Crippen molar-refractivity contribution in [1.82, 2.24) is 28.9 Å². The van der Waals surface area contributed by atoms with E-state index in [4.69, 9.17) is 9.97 Å². The van der Waals surface area contributed by atoms with Crippen molar-refractivity contribution in [3.05, 3.63) is 97.1 Å². The Morgan fingerprint density at radius 1 is 0.491 bits per heavy atom. The first-order valence-corrected chi connectivity index (χ1v) is 20.6. The van der Waals surface area contributed by atoms with Crippen LogP contribution in [0.2, 0.25) is 0 Å². The molecule has 0 N–H and O–H groups in total. The lowest BCUT2D eigenvalue weighted by molar-refractivity contribution is 0.344. The topological polar surface area (TPSA) is 48.6 Å². The fourth-order valence-corrected chi connectivity index (χ4v) is 9.78. The van der Waals surface area contributed by atoms with Crippen LogP contribution in [0.5, 0.6) is 0 Å². The largest absolute Gasteiger partial charge is 0.369 e. The molecule has 0 aliphatic carbocycles. The van der Waals surface area contributed by atoms with Crippen molar-refractivity contribution in [2.24, 2.45) is 0 Å². The molecular weight excluding hydrogens is 677 g/mol. The molecular formula is C47H52N8. The Bertz CT molecular complexity index is 2660. The smallest absolute Gasteiger partial charge is 0.0988 e. The Morgan fingerprint density at radius 2 is 0.964 bits per heavy atom. The summed E-state index contributed by atoms with van der Waals surface area (Å²) in [5.74, 6) is 0. The maximum Gasteiger partial charge on any atom is 0.0988 e. The normalized spacial score (nSPS) is 16.2. The zero-order valence-corrected chi connectivity index (χ0v) is 32.4. The summed E-state index contributed by atoms with van der Waals surface area (Å²) < 4.78 is 5.03. The number of aromatic nitrogens is 4. The van der Waals surface area contributed by atoms with Gasteiger partial charge in [-0.25, -0.2) is 9.97 Å². The summed E-state index contributed by atoms with van der Waals surface area (Å²) in [5.41, 5.74) is 12.6. The Hall–Kier alpha value is -5.18. The first kappa shape index (κ1) is 34.3. The minimum Gasteiger partial charge on any atom is -0.369 e. The highest BCUT2D eigenvalue weighted by molar-refractivity contribution is 6.18. The maximum atomic E-state index is 5.12. The minimum absolute atomic E-state index is 1.06. The van der Waals surface area contributed by atoms with Gasteiger partial charge in [-0.2, -0.15) is 0 Å². The molecule has 0 unspecified atom stereocenters. The van der Waals surface area contributed by atoms with Crippen molar-refractivity contribution < 1.29 is 0 Å². The molecule has 3 aliphatic rings. The minimum atomic E-state index is 1.06. The third kappa shape index (κ3) is 6.07. The molecule has 8 aromatic rings. The van der Waals surface area contributed by atoms with Crippen LogP contribution in [-0.4, -0.2) is 95.4 Å². The van der Waals surface area contributed by atoms with Gasteiger partial charge in [0.15, 0.2) is 0 Å². The number of nitrogens with zero attached hydrogens (tertiary/aromatic N) is 8. The van der Waals surface area contributed by atoms with Gasteiger partial charge in [-0.3, -0.25) is 0 Å². The molecule has 4 aromatic heterocycles. The molecule has 0 atom stereocenters. The van der Waals surface area contributed by atoms with Crippen LogP contribution in [0, 0.1) is 0 Å². The number of anilines is 2. The summed E-state index contributed by atoms with van der Waals surface area (Å²) in [6.45, 7) is 11.3. The molecule has 55 heavy (non-hydrogen) atoms. The van der Waals surface area contributed by atoms with E-state index in [0.717, 1.165) is 67.9 Å². The molecule has 4 aromatic carbocycles. The predicted octanol–water partition coefficient (Wildman–Crippen LogP) is 9.15. The molecule has 0 radical (unpaired) electrons. The SMILES string of the molecule is CN(C)CCCN1CCCn2c3ccccc3c3nc4ccccc4c1c32.c1ccc2c3c4c(nc2c1)c1ccccc1n4CCCN3CCN1CCCC1. The van der Waals surface area contributed by atoms with Crippen LogP contribution in [0.15, 0.2) is 97.1 Å². The summed E-state index contributed by atoms with van der Waals surface area (Å²) in [4.78, 5) is 20.4. The van der Waals surface area contributed by atoms with Gasteiger partial charge < -0.3 is 28.7 Å². The molecule has 0 saturated carbocycles. The van der Waals surface area contributed by atoms with Gasteiger partial charge in [-0.15, -0.1) is 0 Å². The Balaban J connectivity index is 0.000000136. The first-order chi connectivity index (χ1) is 27.1. The number of hydrogen-bond donors (Lipinski definition) is 0. The number of aryl methyl sites for hydroxylation is 2. The van der Waals surface area contributed by atoms with Crippen LogP contribution in [-0.2, 0) is 13.1 Å². The summed E-state index contributed by atoms with van der Waals surface area (Å²) >= 11 is 0. The Kier molecular flexibility index (Phi) is 9.03. The molecule has 0 spiro atoms. The van der Waals surface area contributed by atoms with Gasteiger partial charge in [-0.05, 0) is 90.1 Å². The van der Waals surface area contributed by atoms with Crippen molar-refractivity contribution in [3.63, 3.8) is 0 Å². The zero-order valence-electron chi connectivity index (χ0n) is 32.4. The third-order valence-electron chi connectivity index (χ3n) is 12.3. The van der Waals surface area contributed by atoms with Crippen molar-refractivity contribution in [3.8, 4) is 0 Å². The van der Waals surface area contributed by atoms with E-state index >= 15 is 0 Å². The highest BCUT2D eigenvalue weighted by atomic mass is 15.2. The highest BCUT2D eigenvalue weighted by Gasteiger charge is 2.26. The number of likely N-dealkylation sites (tertiary alicyclic amines) is 1. The summed E-state index contributed by atoms with van der Waals surface area (Å²) in [6, 6.07) is 34.8. The zero-order chi connectivity index (χ0) is 36.9. The standard InChI is InChI=1S/C24H26N4.C23H26N4/c1-3-10-20-18(8-1)23-24-22(25-20)19-9-2-4-11-21(19)28(24)15-7-14-27(23)17-16-26-12-5-6-13-26;1-25(2)13-7-14-26-15-8-16-27-20-12-6-4-10-18(20)21-23(27)22(26)17-9-3-5-11-19(17)24-21/h1-4,8-11H,5-7,12-17H2;3-6,9-12H,7-8,13-16H2,1-2H3. The van der Waals surface area contributed by atoms with Gasteiger partial charge in [0.2, 0.25) is 0 Å². The van der Waals surface area contributed by atoms with Gasteiger partial charge in [0.05, 0.1) is 55.5 Å². The van der Waals surface area contributed by atoms with Crippen molar-refractivity contribution in [1.29, 1.82) is 0 Å². The van der Waals surface area contributed by atoms with Crippen molar-refractivity contribution in [2.75, 3.05) is 76.3 Å². The van der Waals surface area contributed by atoms with Gasteiger partial charge in [0.25, 0.3) is 0 Å². The van der Waals surface area contributed by atoms with E-state index in [-0.39, 0.29) is 0 Å². The van der Waals surface area contributed by atoms with Gasteiger partial charge in [-0.1, -0.05) is 72.8 Å². The fourth-order valence-electron chi connectivity index (χ4n) is 9.78. The first-order valence-electron chi connectivity index (χ1n) is 20.6. The second-order valence-electron chi connectivity index (χ2n) is 16.1. The third-order valence-corrected chi connectivity index (χ3v) is 12.3. The van der Waals surface area contributed by atoms with Crippen molar-refractivity contribution >= 4 is 77.1 Å². The molecule has 11 rings (SSSR count). The van der Waals surface area contributed by atoms with Crippen molar-refractivity contribution in [2.45, 2.75) is 45.2 Å². The molecule has 8 nitrogen and oxygen atoms in total. The van der Waals surface area contributed by atoms with Crippen LogP contribution in [0.4, 0.5) is 11.4 Å². The fraction of sp³-hybridized carbons (Fsp3) is 0.362. The summed E-state index contributed by atoms with van der Waals surface area (Å²) in [7, 11) is 4.31. The van der Waals surface area contributed by atoms with Crippen LogP contribution in [0.3, 0.4) is 0 Å². The average molecular weight is 729 g/mol. The Morgan fingerprint density at radius 3 is 1.49 bits per heavy atom. The number of rotatable bonds is 7. The van der Waals surface area contributed by atoms with Gasteiger partial charge >= 0.3 is 0 Å². The molecule has 0 bridgehead atoms. The quantitative estimate of drug-likeness (QED) is 0.163.